The van der Waals surface area contributed by atoms with E-state index in [4.69, 9.17) is 10.5 Å². The third kappa shape index (κ3) is 2.44. The number of rotatable bonds is 3. The molecule has 7 heteroatoms. The van der Waals surface area contributed by atoms with Crippen molar-refractivity contribution >= 4 is 5.91 Å². The van der Waals surface area contributed by atoms with Crippen LogP contribution >= 0.6 is 0 Å². The molecule has 0 aliphatic heterocycles. The summed E-state index contributed by atoms with van der Waals surface area (Å²) in [5.41, 5.74) is 4.44. The van der Waals surface area contributed by atoms with Crippen LogP contribution in [0.25, 0.3) is 5.69 Å². The number of carbonyl (C=O) groups is 1. The van der Waals surface area contributed by atoms with Crippen LogP contribution in [0.4, 0.5) is 4.39 Å². The van der Waals surface area contributed by atoms with Crippen LogP contribution in [-0.4, -0.2) is 22.8 Å². The summed E-state index contributed by atoms with van der Waals surface area (Å²) in [4.78, 5) is 22.7. The predicted octanol–water partition coefficient (Wildman–Crippen LogP) is 0.479. The largest absolute Gasteiger partial charge is 0.481 e. The molecule has 2 aromatic rings. The van der Waals surface area contributed by atoms with Crippen molar-refractivity contribution < 1.29 is 13.9 Å². The van der Waals surface area contributed by atoms with Gasteiger partial charge in [0.1, 0.15) is 5.82 Å². The van der Waals surface area contributed by atoms with E-state index in [1.807, 2.05) is 0 Å². The standard InChI is InChI=1S/C12H10FN3O3/c1-19-10-6-9(17)11(12(14)18)15-16(10)8-4-2-7(13)3-5-8/h2-6H,1H3,(H2,14,18). The van der Waals surface area contributed by atoms with Crippen molar-refractivity contribution in [2.75, 3.05) is 7.11 Å². The van der Waals surface area contributed by atoms with Crippen LogP contribution < -0.4 is 15.9 Å². The molecule has 19 heavy (non-hydrogen) atoms. The molecule has 0 aliphatic carbocycles. The van der Waals surface area contributed by atoms with Crippen molar-refractivity contribution in [2.24, 2.45) is 5.73 Å². The van der Waals surface area contributed by atoms with Gasteiger partial charge in [0.2, 0.25) is 11.3 Å². The molecule has 0 unspecified atom stereocenters. The van der Waals surface area contributed by atoms with Crippen LogP contribution in [0, 0.1) is 5.82 Å². The summed E-state index contributed by atoms with van der Waals surface area (Å²) >= 11 is 0. The van der Waals surface area contributed by atoms with Gasteiger partial charge in [0.05, 0.1) is 18.9 Å². The fourth-order valence-corrected chi connectivity index (χ4v) is 1.52. The van der Waals surface area contributed by atoms with E-state index in [0.29, 0.717) is 5.69 Å². The van der Waals surface area contributed by atoms with Gasteiger partial charge < -0.3 is 10.5 Å². The lowest BCUT2D eigenvalue weighted by atomic mass is 10.3. The maximum absolute atomic E-state index is 12.9. The Balaban J connectivity index is 2.67. The first-order chi connectivity index (χ1) is 9.02. The number of hydrogen-bond acceptors (Lipinski definition) is 4. The number of amides is 1. The molecule has 0 saturated heterocycles. The molecule has 0 bridgehead atoms. The van der Waals surface area contributed by atoms with E-state index < -0.39 is 22.8 Å². The van der Waals surface area contributed by atoms with Crippen molar-refractivity contribution in [3.8, 4) is 11.6 Å². The van der Waals surface area contributed by atoms with Gasteiger partial charge in [-0.05, 0) is 24.3 Å². The third-order valence-corrected chi connectivity index (χ3v) is 2.41. The second-order valence-electron chi connectivity index (χ2n) is 3.65. The number of carbonyl (C=O) groups excluding carboxylic acids is 1. The number of methoxy groups -OCH3 is 1. The Morgan fingerprint density at radius 3 is 2.53 bits per heavy atom. The van der Waals surface area contributed by atoms with E-state index in [1.54, 1.807) is 0 Å². The van der Waals surface area contributed by atoms with Gasteiger partial charge in [0.15, 0.2) is 5.69 Å². The zero-order valence-electron chi connectivity index (χ0n) is 9.96. The third-order valence-electron chi connectivity index (χ3n) is 2.41. The van der Waals surface area contributed by atoms with E-state index in [0.717, 1.165) is 6.07 Å². The molecule has 6 nitrogen and oxygen atoms in total. The molecular weight excluding hydrogens is 253 g/mol. The molecule has 1 heterocycles. The fraction of sp³-hybridized carbons (Fsp3) is 0.0833. The number of benzene rings is 1. The molecule has 1 amide bonds. The molecule has 0 spiro atoms. The number of nitrogens with two attached hydrogens (primary N) is 1. The first-order valence-corrected chi connectivity index (χ1v) is 5.27. The molecule has 98 valence electrons. The van der Waals surface area contributed by atoms with E-state index in [-0.39, 0.29) is 5.88 Å². The Kier molecular flexibility index (Phi) is 3.28. The van der Waals surface area contributed by atoms with Crippen LogP contribution in [0.2, 0.25) is 0 Å². The number of nitrogens with zero attached hydrogens (tertiary/aromatic N) is 2. The number of primary amides is 1. The van der Waals surface area contributed by atoms with E-state index >= 15 is 0 Å². The molecule has 0 saturated carbocycles. The second-order valence-corrected chi connectivity index (χ2v) is 3.65. The molecule has 0 radical (unpaired) electrons. The first kappa shape index (κ1) is 12.7. The summed E-state index contributed by atoms with van der Waals surface area (Å²) in [6.07, 6.45) is 0. The monoisotopic (exact) mass is 263 g/mol. The first-order valence-electron chi connectivity index (χ1n) is 5.27. The molecule has 0 aliphatic rings. The lowest BCUT2D eigenvalue weighted by molar-refractivity contribution is 0.0992. The topological polar surface area (TPSA) is 87.2 Å². The number of halogens is 1. The molecular formula is C12H10FN3O3. The Bertz CT molecular complexity index is 680. The molecule has 1 aromatic carbocycles. The van der Waals surface area contributed by atoms with Crippen LogP contribution in [-0.2, 0) is 0 Å². The van der Waals surface area contributed by atoms with E-state index in [2.05, 4.69) is 5.10 Å². The normalized spacial score (nSPS) is 10.2. The van der Waals surface area contributed by atoms with Gasteiger partial charge in [-0.1, -0.05) is 0 Å². The molecule has 2 rings (SSSR count). The lowest BCUT2D eigenvalue weighted by Crippen LogP contribution is -2.26. The van der Waals surface area contributed by atoms with E-state index in [9.17, 15) is 14.0 Å². The quantitative estimate of drug-likeness (QED) is 0.872. The van der Waals surface area contributed by atoms with Gasteiger partial charge in [-0.15, -0.1) is 0 Å². The summed E-state index contributed by atoms with van der Waals surface area (Å²) in [6, 6.07) is 6.40. The number of aromatic nitrogens is 2. The Hall–Kier alpha value is -2.70. The minimum absolute atomic E-state index is 0.113. The maximum atomic E-state index is 12.9. The highest BCUT2D eigenvalue weighted by Gasteiger charge is 2.14. The summed E-state index contributed by atoms with van der Waals surface area (Å²) < 4.78 is 19.1. The summed E-state index contributed by atoms with van der Waals surface area (Å²) in [7, 11) is 1.35. The van der Waals surface area contributed by atoms with Gasteiger partial charge in [-0.25, -0.2) is 9.07 Å². The van der Waals surface area contributed by atoms with Crippen molar-refractivity contribution in [1.29, 1.82) is 0 Å². The molecule has 1 aromatic heterocycles. The van der Waals surface area contributed by atoms with Crippen molar-refractivity contribution in [3.63, 3.8) is 0 Å². The Morgan fingerprint density at radius 1 is 1.37 bits per heavy atom. The Labute approximate surface area is 107 Å². The maximum Gasteiger partial charge on any atom is 0.273 e. The predicted molar refractivity (Wildman–Crippen MR) is 64.9 cm³/mol. The average molecular weight is 263 g/mol. The van der Waals surface area contributed by atoms with Crippen LogP contribution in [0.5, 0.6) is 5.88 Å². The van der Waals surface area contributed by atoms with Gasteiger partial charge in [0.25, 0.3) is 5.91 Å². The van der Waals surface area contributed by atoms with Crippen molar-refractivity contribution in [2.45, 2.75) is 0 Å². The highest BCUT2D eigenvalue weighted by molar-refractivity contribution is 5.90. The number of ether oxygens (including phenoxy) is 1. The number of hydrogen-bond donors (Lipinski definition) is 1. The highest BCUT2D eigenvalue weighted by atomic mass is 19.1. The van der Waals surface area contributed by atoms with Crippen LogP contribution in [0.3, 0.4) is 0 Å². The zero-order valence-corrected chi connectivity index (χ0v) is 9.96. The van der Waals surface area contributed by atoms with Crippen molar-refractivity contribution in [3.05, 3.63) is 52.1 Å². The summed E-state index contributed by atoms with van der Waals surface area (Å²) in [5, 5.41) is 3.82. The molecule has 0 atom stereocenters. The minimum atomic E-state index is -0.941. The Morgan fingerprint density at radius 2 is 2.00 bits per heavy atom. The minimum Gasteiger partial charge on any atom is -0.481 e. The summed E-state index contributed by atoms with van der Waals surface area (Å²) in [6.45, 7) is 0. The van der Waals surface area contributed by atoms with Gasteiger partial charge >= 0.3 is 0 Å². The van der Waals surface area contributed by atoms with Gasteiger partial charge in [-0.3, -0.25) is 9.59 Å². The summed E-state index contributed by atoms with van der Waals surface area (Å²) in [5.74, 6) is -1.25. The van der Waals surface area contributed by atoms with Crippen LogP contribution in [0.15, 0.2) is 35.1 Å². The average Bonchev–Trinajstić information content (AvgIpc) is 2.39. The second kappa shape index (κ2) is 4.89. The smallest absolute Gasteiger partial charge is 0.273 e. The molecule has 0 fully saturated rings. The fourth-order valence-electron chi connectivity index (χ4n) is 1.52. The highest BCUT2D eigenvalue weighted by Crippen LogP contribution is 2.15. The van der Waals surface area contributed by atoms with Crippen LogP contribution in [0.1, 0.15) is 10.5 Å². The SMILES string of the molecule is COc1cc(=O)c(C(N)=O)nn1-c1ccc(F)cc1. The lowest BCUT2D eigenvalue weighted by Gasteiger charge is -2.11. The molecule has 2 N–H and O–H groups in total. The van der Waals surface area contributed by atoms with Gasteiger partial charge in [0, 0.05) is 0 Å². The zero-order chi connectivity index (χ0) is 14.0. The van der Waals surface area contributed by atoms with Crippen molar-refractivity contribution in [1.82, 2.24) is 9.78 Å². The van der Waals surface area contributed by atoms with Gasteiger partial charge in [-0.2, -0.15) is 5.10 Å². The van der Waals surface area contributed by atoms with E-state index in [1.165, 1.54) is 36.1 Å².